The van der Waals surface area contributed by atoms with E-state index in [1.54, 1.807) is 0 Å². The molecule has 1 aromatic rings. The number of carbonyl (C=O) groups excluding carboxylic acids is 1. The van der Waals surface area contributed by atoms with Gasteiger partial charge >= 0.3 is 0 Å². The molecule has 1 unspecified atom stereocenters. The van der Waals surface area contributed by atoms with Crippen molar-refractivity contribution in [1.29, 1.82) is 0 Å². The van der Waals surface area contributed by atoms with E-state index in [1.807, 2.05) is 24.3 Å². The summed E-state index contributed by atoms with van der Waals surface area (Å²) in [5.41, 5.74) is 1.10. The van der Waals surface area contributed by atoms with Gasteiger partial charge in [0.05, 0.1) is 12.5 Å². The first-order chi connectivity index (χ1) is 9.79. The van der Waals surface area contributed by atoms with Gasteiger partial charge < -0.3 is 15.4 Å². The number of piperidine rings is 1. The zero-order chi connectivity index (χ0) is 14.2. The summed E-state index contributed by atoms with van der Waals surface area (Å²) >= 11 is 0. The van der Waals surface area contributed by atoms with E-state index in [0.29, 0.717) is 6.54 Å². The maximum Gasteiger partial charge on any atom is 0.224 e. The van der Waals surface area contributed by atoms with Crippen LogP contribution in [0.15, 0.2) is 24.3 Å². The molecule has 0 radical (unpaired) electrons. The summed E-state index contributed by atoms with van der Waals surface area (Å²) in [5.74, 6) is 1.16. The van der Waals surface area contributed by atoms with E-state index >= 15 is 0 Å². The lowest BCUT2D eigenvalue weighted by Gasteiger charge is -2.21. The van der Waals surface area contributed by atoms with Gasteiger partial charge in [-0.2, -0.15) is 0 Å². The molecule has 1 fully saturated rings. The van der Waals surface area contributed by atoms with Gasteiger partial charge in [0.25, 0.3) is 0 Å². The molecule has 20 heavy (non-hydrogen) atoms. The SMILES string of the molecule is CCCOc1ccc(CNC(=O)C2CCCNC2)cc1. The second-order valence-corrected chi connectivity index (χ2v) is 5.25. The Morgan fingerprint density at radius 2 is 2.20 bits per heavy atom. The van der Waals surface area contributed by atoms with Gasteiger partial charge in [0, 0.05) is 13.1 Å². The number of hydrogen-bond donors (Lipinski definition) is 2. The summed E-state index contributed by atoms with van der Waals surface area (Å²) < 4.78 is 5.54. The summed E-state index contributed by atoms with van der Waals surface area (Å²) in [6.07, 6.45) is 3.08. The quantitative estimate of drug-likeness (QED) is 0.836. The number of benzene rings is 1. The van der Waals surface area contributed by atoms with E-state index in [-0.39, 0.29) is 11.8 Å². The van der Waals surface area contributed by atoms with Gasteiger partial charge in [-0.25, -0.2) is 0 Å². The zero-order valence-electron chi connectivity index (χ0n) is 12.2. The van der Waals surface area contributed by atoms with Crippen LogP contribution in [0.4, 0.5) is 0 Å². The maximum absolute atomic E-state index is 12.0. The molecule has 1 aliphatic heterocycles. The molecular weight excluding hydrogens is 252 g/mol. The van der Waals surface area contributed by atoms with Crippen molar-refractivity contribution in [3.05, 3.63) is 29.8 Å². The molecule has 1 aromatic carbocycles. The molecule has 1 amide bonds. The monoisotopic (exact) mass is 276 g/mol. The summed E-state index contributed by atoms with van der Waals surface area (Å²) in [5, 5.41) is 6.28. The Balaban J connectivity index is 1.76. The van der Waals surface area contributed by atoms with E-state index in [9.17, 15) is 4.79 Å². The van der Waals surface area contributed by atoms with Crippen molar-refractivity contribution < 1.29 is 9.53 Å². The van der Waals surface area contributed by atoms with Crippen LogP contribution < -0.4 is 15.4 Å². The molecule has 110 valence electrons. The predicted molar refractivity (Wildman–Crippen MR) is 79.7 cm³/mol. The Hall–Kier alpha value is -1.55. The smallest absolute Gasteiger partial charge is 0.224 e. The Labute approximate surface area is 120 Å². The average molecular weight is 276 g/mol. The Bertz CT molecular complexity index is 411. The van der Waals surface area contributed by atoms with Crippen molar-refractivity contribution in [2.24, 2.45) is 5.92 Å². The van der Waals surface area contributed by atoms with Crippen LogP contribution in [-0.4, -0.2) is 25.6 Å². The van der Waals surface area contributed by atoms with Gasteiger partial charge in [-0.05, 0) is 43.5 Å². The molecule has 4 heteroatoms. The lowest BCUT2D eigenvalue weighted by Crippen LogP contribution is -2.40. The predicted octanol–water partition coefficient (Wildman–Crippen LogP) is 2.09. The van der Waals surface area contributed by atoms with Crippen LogP contribution in [0.25, 0.3) is 0 Å². The molecule has 0 bridgehead atoms. The van der Waals surface area contributed by atoms with E-state index in [0.717, 1.165) is 50.3 Å². The zero-order valence-corrected chi connectivity index (χ0v) is 12.2. The standard InChI is InChI=1S/C16H24N2O2/c1-2-10-20-15-7-5-13(6-8-15)11-18-16(19)14-4-3-9-17-12-14/h5-8,14,17H,2-4,9-12H2,1H3,(H,18,19). The highest BCUT2D eigenvalue weighted by molar-refractivity contribution is 5.78. The summed E-state index contributed by atoms with van der Waals surface area (Å²) in [6, 6.07) is 7.92. The van der Waals surface area contributed by atoms with Crippen molar-refractivity contribution in [3.63, 3.8) is 0 Å². The molecule has 0 aliphatic carbocycles. The van der Waals surface area contributed by atoms with Gasteiger partial charge in [-0.3, -0.25) is 4.79 Å². The highest BCUT2D eigenvalue weighted by Gasteiger charge is 2.20. The first-order valence-electron chi connectivity index (χ1n) is 7.49. The molecule has 1 heterocycles. The maximum atomic E-state index is 12.0. The van der Waals surface area contributed by atoms with Crippen molar-refractivity contribution in [2.75, 3.05) is 19.7 Å². The van der Waals surface area contributed by atoms with Crippen LogP contribution >= 0.6 is 0 Å². The van der Waals surface area contributed by atoms with Crippen molar-refractivity contribution >= 4 is 5.91 Å². The topological polar surface area (TPSA) is 50.4 Å². The highest BCUT2D eigenvalue weighted by Crippen LogP contribution is 2.13. The van der Waals surface area contributed by atoms with E-state index in [1.165, 1.54) is 0 Å². The van der Waals surface area contributed by atoms with Crippen LogP contribution in [-0.2, 0) is 11.3 Å². The minimum Gasteiger partial charge on any atom is -0.494 e. The molecule has 4 nitrogen and oxygen atoms in total. The molecule has 1 aliphatic rings. The van der Waals surface area contributed by atoms with E-state index in [4.69, 9.17) is 4.74 Å². The van der Waals surface area contributed by atoms with Gasteiger partial charge in [-0.15, -0.1) is 0 Å². The number of amides is 1. The van der Waals surface area contributed by atoms with Gasteiger partial charge in [-0.1, -0.05) is 19.1 Å². The van der Waals surface area contributed by atoms with Crippen molar-refractivity contribution in [2.45, 2.75) is 32.7 Å². The minimum atomic E-state index is 0.121. The lowest BCUT2D eigenvalue weighted by molar-refractivity contribution is -0.125. The van der Waals surface area contributed by atoms with Crippen LogP contribution in [0.1, 0.15) is 31.7 Å². The van der Waals surface area contributed by atoms with E-state index < -0.39 is 0 Å². The third-order valence-corrected chi connectivity index (χ3v) is 3.53. The molecule has 1 saturated heterocycles. The number of hydrogen-bond acceptors (Lipinski definition) is 3. The minimum absolute atomic E-state index is 0.121. The van der Waals surface area contributed by atoms with Crippen molar-refractivity contribution in [1.82, 2.24) is 10.6 Å². The molecule has 1 atom stereocenters. The van der Waals surface area contributed by atoms with Gasteiger partial charge in [0.15, 0.2) is 0 Å². The third-order valence-electron chi connectivity index (χ3n) is 3.53. The lowest BCUT2D eigenvalue weighted by atomic mass is 9.99. The van der Waals surface area contributed by atoms with E-state index in [2.05, 4.69) is 17.6 Å². The first kappa shape index (κ1) is 14.9. The van der Waals surface area contributed by atoms with Gasteiger partial charge in [0.2, 0.25) is 5.91 Å². The molecule has 0 saturated carbocycles. The average Bonchev–Trinajstić information content (AvgIpc) is 2.52. The molecule has 0 spiro atoms. The van der Waals surface area contributed by atoms with Gasteiger partial charge in [0.1, 0.15) is 5.75 Å². The Kier molecular flexibility index (Phi) is 5.87. The van der Waals surface area contributed by atoms with Crippen molar-refractivity contribution in [3.8, 4) is 5.75 Å². The van der Waals surface area contributed by atoms with Crippen LogP contribution in [0.5, 0.6) is 5.75 Å². The fourth-order valence-electron chi connectivity index (χ4n) is 2.33. The molecular formula is C16H24N2O2. The van der Waals surface area contributed by atoms with Crippen LogP contribution in [0.2, 0.25) is 0 Å². The molecule has 2 rings (SSSR count). The van der Waals surface area contributed by atoms with Crippen LogP contribution in [0, 0.1) is 5.92 Å². The second-order valence-electron chi connectivity index (χ2n) is 5.25. The fourth-order valence-corrected chi connectivity index (χ4v) is 2.33. The molecule has 2 N–H and O–H groups in total. The summed E-state index contributed by atoms with van der Waals surface area (Å²) in [4.78, 5) is 12.0. The Morgan fingerprint density at radius 1 is 1.40 bits per heavy atom. The third kappa shape index (κ3) is 4.53. The summed E-state index contributed by atoms with van der Waals surface area (Å²) in [7, 11) is 0. The number of rotatable bonds is 6. The largest absolute Gasteiger partial charge is 0.494 e. The molecule has 0 aromatic heterocycles. The number of carbonyl (C=O) groups is 1. The highest BCUT2D eigenvalue weighted by atomic mass is 16.5. The normalized spacial score (nSPS) is 18.6. The summed E-state index contributed by atoms with van der Waals surface area (Å²) in [6.45, 7) is 5.25. The second kappa shape index (κ2) is 7.90. The number of ether oxygens (including phenoxy) is 1. The number of nitrogens with one attached hydrogen (secondary N) is 2. The fraction of sp³-hybridized carbons (Fsp3) is 0.562. The van der Waals surface area contributed by atoms with Crippen LogP contribution in [0.3, 0.4) is 0 Å². The Morgan fingerprint density at radius 3 is 2.85 bits per heavy atom. The first-order valence-corrected chi connectivity index (χ1v) is 7.49.